The minimum Gasteiger partial charge on any atom is -1.00 e. The average molecular weight is 344 g/mol. The number of aromatic nitrogens is 1. The van der Waals surface area contributed by atoms with Gasteiger partial charge in [0.15, 0.2) is 0 Å². The van der Waals surface area contributed by atoms with Crippen molar-refractivity contribution in [2.75, 3.05) is 0 Å². The van der Waals surface area contributed by atoms with Crippen LogP contribution in [0.1, 0.15) is 0 Å². The molecule has 122 valence electrons. The molecule has 0 saturated heterocycles. The molecule has 1 nitrogen and oxygen atoms in total. The van der Waals surface area contributed by atoms with Crippen LogP contribution < -0.4 is 17.4 Å². The van der Waals surface area contributed by atoms with Crippen LogP contribution in [-0.2, 0) is 0 Å². The molecular weight excluding hydrogens is 326 g/mol. The summed E-state index contributed by atoms with van der Waals surface area (Å²) in [6.45, 7) is 0. The first-order valence-corrected chi connectivity index (χ1v) is 8.14. The van der Waals surface area contributed by atoms with E-state index in [9.17, 15) is 0 Å². The normalized spacial score (nSPS) is 10.1. The van der Waals surface area contributed by atoms with E-state index in [1.807, 2.05) is 12.1 Å². The maximum absolute atomic E-state index is 3.59. The minimum absolute atomic E-state index is 0. The number of hydrogen-bond donors (Lipinski definition) is 0. The molecule has 0 aliphatic rings. The van der Waals surface area contributed by atoms with Gasteiger partial charge in [-0.2, -0.15) is 0 Å². The number of hydrogen-bond acceptors (Lipinski definition) is 0. The van der Waals surface area contributed by atoms with Gasteiger partial charge < -0.3 is 12.4 Å². The zero-order chi connectivity index (χ0) is 16.2. The quantitative estimate of drug-likeness (QED) is 0.543. The first kappa shape index (κ1) is 16.9. The Hall–Kier alpha value is -2.90. The topological polar surface area (TPSA) is 14.1 Å². The lowest BCUT2D eigenvalue weighted by Crippen LogP contribution is -3.00. The molecule has 4 aromatic rings. The third-order valence-electron chi connectivity index (χ3n) is 4.15. The van der Waals surface area contributed by atoms with Gasteiger partial charge in [0.25, 0.3) is 0 Å². The molecule has 2 heteroatoms. The van der Waals surface area contributed by atoms with Crippen LogP contribution >= 0.6 is 0 Å². The second-order valence-electron chi connectivity index (χ2n) is 5.79. The van der Waals surface area contributed by atoms with E-state index in [0.717, 1.165) is 11.4 Å². The molecule has 0 radical (unpaired) electrons. The molecule has 0 fully saturated rings. The van der Waals surface area contributed by atoms with Crippen LogP contribution in [0.4, 0.5) is 0 Å². The van der Waals surface area contributed by atoms with Gasteiger partial charge in [0, 0.05) is 23.3 Å². The Kier molecular flexibility index (Phi) is 5.27. The van der Waals surface area contributed by atoms with E-state index in [0.29, 0.717) is 0 Å². The van der Waals surface area contributed by atoms with Gasteiger partial charge in [0.1, 0.15) is 0 Å². The van der Waals surface area contributed by atoms with Crippen LogP contribution in [0.5, 0.6) is 0 Å². The van der Waals surface area contributed by atoms with Crippen molar-refractivity contribution in [1.29, 1.82) is 0 Å². The third-order valence-corrected chi connectivity index (χ3v) is 4.15. The Bertz CT molecular complexity index is 796. The molecule has 1 heterocycles. The Morgan fingerprint density at radius 2 is 0.760 bits per heavy atom. The molecule has 3 aromatic carbocycles. The van der Waals surface area contributed by atoms with Crippen molar-refractivity contribution in [2.45, 2.75) is 0 Å². The van der Waals surface area contributed by atoms with Gasteiger partial charge in [-0.3, -0.25) is 0 Å². The average Bonchev–Trinajstić information content (AvgIpc) is 2.70. The smallest absolute Gasteiger partial charge is 0.211 e. The highest BCUT2D eigenvalue weighted by atomic mass is 35.5. The number of aromatic amines is 1. The van der Waals surface area contributed by atoms with Crippen molar-refractivity contribution >= 4 is 0 Å². The fourth-order valence-corrected chi connectivity index (χ4v) is 2.91. The summed E-state index contributed by atoms with van der Waals surface area (Å²) in [7, 11) is 0. The lowest BCUT2D eigenvalue weighted by Gasteiger charge is -2.05. The molecule has 0 amide bonds. The maximum atomic E-state index is 3.59. The molecule has 0 aliphatic carbocycles. The molecule has 0 spiro atoms. The summed E-state index contributed by atoms with van der Waals surface area (Å²) in [5.41, 5.74) is 7.06. The summed E-state index contributed by atoms with van der Waals surface area (Å²) in [4.78, 5) is 3.59. The summed E-state index contributed by atoms with van der Waals surface area (Å²) in [5, 5.41) is 0. The van der Waals surface area contributed by atoms with Crippen LogP contribution in [-0.4, -0.2) is 0 Å². The number of halogens is 1. The molecule has 0 atom stereocenters. The number of H-pyrrole nitrogens is 1. The second-order valence-corrected chi connectivity index (χ2v) is 5.79. The van der Waals surface area contributed by atoms with E-state index in [1.165, 1.54) is 22.3 Å². The summed E-state index contributed by atoms with van der Waals surface area (Å²) in [5.74, 6) is 0. The fraction of sp³-hybridized carbons (Fsp3) is 0. The number of rotatable bonds is 3. The lowest BCUT2D eigenvalue weighted by atomic mass is 10.00. The Morgan fingerprint density at radius 3 is 1.16 bits per heavy atom. The van der Waals surface area contributed by atoms with Gasteiger partial charge >= 0.3 is 0 Å². The Balaban J connectivity index is 0.00000182. The number of nitrogens with one attached hydrogen (secondary N) is 1. The van der Waals surface area contributed by atoms with Crippen molar-refractivity contribution in [3.63, 3.8) is 0 Å². The van der Waals surface area contributed by atoms with E-state index in [2.05, 4.69) is 96.0 Å². The Labute approximate surface area is 154 Å². The molecular formula is C23H18ClN. The van der Waals surface area contributed by atoms with Crippen LogP contribution in [0.25, 0.3) is 33.6 Å². The number of benzene rings is 3. The van der Waals surface area contributed by atoms with Crippen LogP contribution in [0.15, 0.2) is 103 Å². The highest BCUT2D eigenvalue weighted by Crippen LogP contribution is 2.27. The zero-order valence-corrected chi connectivity index (χ0v) is 14.4. The molecule has 25 heavy (non-hydrogen) atoms. The maximum Gasteiger partial charge on any atom is 0.211 e. The van der Waals surface area contributed by atoms with Gasteiger partial charge in [-0.25, -0.2) is 4.98 Å². The van der Waals surface area contributed by atoms with E-state index < -0.39 is 0 Å². The largest absolute Gasteiger partial charge is 1.00 e. The van der Waals surface area contributed by atoms with Crippen molar-refractivity contribution in [2.24, 2.45) is 0 Å². The van der Waals surface area contributed by atoms with Gasteiger partial charge in [-0.05, 0) is 35.4 Å². The second kappa shape index (κ2) is 7.78. The highest BCUT2D eigenvalue weighted by molar-refractivity contribution is 5.73. The monoisotopic (exact) mass is 343 g/mol. The van der Waals surface area contributed by atoms with Gasteiger partial charge in [-0.1, -0.05) is 66.7 Å². The van der Waals surface area contributed by atoms with Crippen molar-refractivity contribution in [3.05, 3.63) is 103 Å². The summed E-state index contributed by atoms with van der Waals surface area (Å²) < 4.78 is 0. The number of pyridine rings is 1. The van der Waals surface area contributed by atoms with Crippen LogP contribution in [0.2, 0.25) is 0 Å². The van der Waals surface area contributed by atoms with Crippen molar-refractivity contribution in [1.82, 2.24) is 0 Å². The van der Waals surface area contributed by atoms with E-state index in [-0.39, 0.29) is 12.4 Å². The Morgan fingerprint density at radius 1 is 0.400 bits per heavy atom. The van der Waals surface area contributed by atoms with Gasteiger partial charge in [-0.15, -0.1) is 0 Å². The predicted octanol–water partition coefficient (Wildman–Crippen LogP) is 2.51. The molecule has 0 unspecified atom stereocenters. The lowest BCUT2D eigenvalue weighted by molar-refractivity contribution is -0.351. The van der Waals surface area contributed by atoms with E-state index >= 15 is 0 Å². The summed E-state index contributed by atoms with van der Waals surface area (Å²) in [6.07, 6.45) is 0. The van der Waals surface area contributed by atoms with Crippen LogP contribution in [0.3, 0.4) is 0 Å². The van der Waals surface area contributed by atoms with E-state index in [1.54, 1.807) is 0 Å². The molecule has 0 saturated carbocycles. The molecule has 4 rings (SSSR count). The fourth-order valence-electron chi connectivity index (χ4n) is 2.91. The molecule has 1 N–H and O–H groups in total. The molecule has 0 aliphatic heterocycles. The van der Waals surface area contributed by atoms with Crippen LogP contribution in [0, 0.1) is 0 Å². The van der Waals surface area contributed by atoms with Gasteiger partial charge in [0.05, 0.1) is 0 Å². The SMILES string of the molecule is [Cl-].c1ccc(-c2cc(-c3ccccc3)[nH+]c(-c3ccccc3)c2)cc1. The zero-order valence-electron chi connectivity index (χ0n) is 13.7. The van der Waals surface area contributed by atoms with Crippen molar-refractivity contribution in [3.8, 4) is 33.6 Å². The molecule has 1 aromatic heterocycles. The van der Waals surface area contributed by atoms with Gasteiger partial charge in [0.2, 0.25) is 11.4 Å². The minimum atomic E-state index is 0. The first-order valence-electron chi connectivity index (χ1n) is 8.14. The molecule has 0 bridgehead atoms. The third kappa shape index (κ3) is 3.78. The first-order chi connectivity index (χ1) is 11.9. The summed E-state index contributed by atoms with van der Waals surface area (Å²) in [6, 6.07) is 35.9. The van der Waals surface area contributed by atoms with Crippen molar-refractivity contribution < 1.29 is 17.4 Å². The predicted molar refractivity (Wildman–Crippen MR) is 99.3 cm³/mol. The van der Waals surface area contributed by atoms with E-state index in [4.69, 9.17) is 0 Å². The highest BCUT2D eigenvalue weighted by Gasteiger charge is 2.14. The standard InChI is InChI=1S/C23H17N.ClH/c1-4-10-18(11-5-1)21-16-22(19-12-6-2-7-13-19)24-23(17-21)20-14-8-3-9-15-20;/h1-17H;1H. The summed E-state index contributed by atoms with van der Waals surface area (Å²) >= 11 is 0.